The van der Waals surface area contributed by atoms with E-state index >= 15 is 0 Å². The molecule has 3 aromatic rings. The molecule has 0 aliphatic heterocycles. The van der Waals surface area contributed by atoms with Gasteiger partial charge in [-0.15, -0.1) is 0 Å². The first-order valence-corrected chi connectivity index (χ1v) is 6.62. The van der Waals surface area contributed by atoms with Crippen LogP contribution in [0.3, 0.4) is 0 Å². The molecule has 0 saturated heterocycles. The molecule has 0 bridgehead atoms. The second kappa shape index (κ2) is 5.40. The van der Waals surface area contributed by atoms with Crippen molar-refractivity contribution >= 4 is 16.9 Å². The van der Waals surface area contributed by atoms with Crippen LogP contribution in [0.1, 0.15) is 16.1 Å². The van der Waals surface area contributed by atoms with Crippen molar-refractivity contribution in [1.29, 1.82) is 0 Å². The second-order valence-electron chi connectivity index (χ2n) is 4.92. The summed E-state index contributed by atoms with van der Waals surface area (Å²) in [6.45, 7) is 0.366. The van der Waals surface area contributed by atoms with Crippen molar-refractivity contribution in [3.8, 4) is 0 Å². The Balaban J connectivity index is 1.77. The van der Waals surface area contributed by atoms with Crippen LogP contribution in [-0.2, 0) is 6.54 Å². The Labute approximate surface area is 121 Å². The number of hydrogen-bond donors (Lipinski definition) is 0. The minimum Gasteiger partial charge on any atom is -0.459 e. The molecule has 0 unspecified atom stereocenters. The first kappa shape index (κ1) is 13.4. The third-order valence-electron chi connectivity index (χ3n) is 3.31. The zero-order valence-corrected chi connectivity index (χ0v) is 11.5. The second-order valence-corrected chi connectivity index (χ2v) is 4.92. The van der Waals surface area contributed by atoms with E-state index in [2.05, 4.69) is 0 Å². The maximum absolute atomic E-state index is 12.9. The maximum atomic E-state index is 12.9. The summed E-state index contributed by atoms with van der Waals surface area (Å²) in [5.41, 5.74) is 1.25. The molecule has 0 aliphatic carbocycles. The summed E-state index contributed by atoms with van der Waals surface area (Å²) in [6, 6.07) is 15.1. The van der Waals surface area contributed by atoms with E-state index in [4.69, 9.17) is 4.42 Å². The van der Waals surface area contributed by atoms with Gasteiger partial charge >= 0.3 is 0 Å². The molecule has 0 saturated carbocycles. The van der Waals surface area contributed by atoms with Crippen LogP contribution in [0.2, 0.25) is 0 Å². The lowest BCUT2D eigenvalue weighted by molar-refractivity contribution is 0.0776. The van der Waals surface area contributed by atoms with Crippen LogP contribution in [0.4, 0.5) is 4.39 Å². The van der Waals surface area contributed by atoms with Crippen molar-refractivity contribution in [2.45, 2.75) is 6.54 Å². The average molecular weight is 283 g/mol. The third kappa shape index (κ3) is 2.79. The van der Waals surface area contributed by atoms with Gasteiger partial charge in [0.2, 0.25) is 0 Å². The number of furan rings is 1. The van der Waals surface area contributed by atoms with Gasteiger partial charge in [-0.25, -0.2) is 4.39 Å². The highest BCUT2D eigenvalue weighted by Gasteiger charge is 2.14. The molecular weight excluding hydrogens is 269 g/mol. The van der Waals surface area contributed by atoms with Gasteiger partial charge in [0.05, 0.1) is 6.54 Å². The molecule has 21 heavy (non-hydrogen) atoms. The minimum atomic E-state index is -0.355. The number of carbonyl (C=O) groups excluding carboxylic acids is 1. The topological polar surface area (TPSA) is 33.5 Å². The number of rotatable bonds is 3. The zero-order chi connectivity index (χ0) is 14.8. The molecule has 0 fully saturated rings. The average Bonchev–Trinajstić information content (AvgIpc) is 2.89. The van der Waals surface area contributed by atoms with Gasteiger partial charge in [0.25, 0.3) is 5.91 Å². The Kier molecular flexibility index (Phi) is 3.44. The molecule has 0 N–H and O–H groups in total. The Morgan fingerprint density at radius 1 is 1.14 bits per heavy atom. The van der Waals surface area contributed by atoms with Crippen molar-refractivity contribution in [3.63, 3.8) is 0 Å². The maximum Gasteiger partial charge on any atom is 0.254 e. The van der Waals surface area contributed by atoms with Crippen molar-refractivity contribution in [3.05, 3.63) is 71.7 Å². The summed E-state index contributed by atoms with van der Waals surface area (Å²) < 4.78 is 18.6. The molecule has 1 aromatic heterocycles. The molecule has 2 aromatic carbocycles. The summed E-state index contributed by atoms with van der Waals surface area (Å²) in [4.78, 5) is 13.8. The van der Waals surface area contributed by atoms with E-state index in [0.29, 0.717) is 17.9 Å². The predicted octanol–water partition coefficient (Wildman–Crippen LogP) is 3.84. The van der Waals surface area contributed by atoms with Crippen LogP contribution in [0, 0.1) is 5.82 Å². The minimum absolute atomic E-state index is 0.171. The highest BCUT2D eigenvalue weighted by atomic mass is 19.1. The zero-order valence-electron chi connectivity index (χ0n) is 11.5. The van der Waals surface area contributed by atoms with Crippen LogP contribution >= 0.6 is 0 Å². The Bertz CT molecular complexity index is 744. The summed E-state index contributed by atoms with van der Waals surface area (Å²) in [5.74, 6) is 0.191. The van der Waals surface area contributed by atoms with E-state index in [0.717, 1.165) is 11.0 Å². The van der Waals surface area contributed by atoms with E-state index in [-0.39, 0.29) is 11.7 Å². The van der Waals surface area contributed by atoms with E-state index in [9.17, 15) is 9.18 Å². The van der Waals surface area contributed by atoms with Gasteiger partial charge in [0.1, 0.15) is 17.2 Å². The van der Waals surface area contributed by atoms with E-state index in [1.807, 2.05) is 30.3 Å². The Morgan fingerprint density at radius 2 is 1.86 bits per heavy atom. The fourth-order valence-electron chi connectivity index (χ4n) is 2.23. The van der Waals surface area contributed by atoms with Crippen molar-refractivity contribution in [1.82, 2.24) is 4.90 Å². The van der Waals surface area contributed by atoms with Gasteiger partial charge in [0.15, 0.2) is 0 Å². The molecule has 1 heterocycles. The van der Waals surface area contributed by atoms with Crippen molar-refractivity contribution in [2.24, 2.45) is 0 Å². The first-order chi connectivity index (χ1) is 10.1. The number of amides is 1. The van der Waals surface area contributed by atoms with Crippen LogP contribution in [0.25, 0.3) is 11.0 Å². The lowest BCUT2D eigenvalue weighted by Gasteiger charge is -2.15. The van der Waals surface area contributed by atoms with E-state index in [1.54, 1.807) is 11.9 Å². The lowest BCUT2D eigenvalue weighted by atomic mass is 10.2. The fourth-order valence-corrected chi connectivity index (χ4v) is 2.23. The van der Waals surface area contributed by atoms with E-state index < -0.39 is 0 Å². The fraction of sp³-hybridized carbons (Fsp3) is 0.118. The van der Waals surface area contributed by atoms with Gasteiger partial charge in [-0.3, -0.25) is 4.79 Å². The van der Waals surface area contributed by atoms with Crippen LogP contribution < -0.4 is 0 Å². The molecule has 0 radical (unpaired) electrons. The number of para-hydroxylation sites is 1. The van der Waals surface area contributed by atoms with Gasteiger partial charge < -0.3 is 9.32 Å². The number of halogens is 1. The van der Waals surface area contributed by atoms with Gasteiger partial charge in [0, 0.05) is 18.0 Å². The molecule has 4 heteroatoms. The van der Waals surface area contributed by atoms with Crippen LogP contribution in [-0.4, -0.2) is 17.9 Å². The van der Waals surface area contributed by atoms with E-state index in [1.165, 1.54) is 24.3 Å². The molecule has 1 amide bonds. The highest BCUT2D eigenvalue weighted by molar-refractivity contribution is 5.94. The highest BCUT2D eigenvalue weighted by Crippen LogP contribution is 2.20. The standard InChI is InChI=1S/C17H14FNO2/c1-19(17(20)12-6-8-14(18)9-7-12)11-15-10-13-4-2-3-5-16(13)21-15/h2-10H,11H2,1H3. The van der Waals surface area contributed by atoms with Crippen LogP contribution in [0.15, 0.2) is 59.0 Å². The molecule has 3 rings (SSSR count). The lowest BCUT2D eigenvalue weighted by Crippen LogP contribution is -2.25. The summed E-state index contributed by atoms with van der Waals surface area (Å²) >= 11 is 0. The molecular formula is C17H14FNO2. The molecule has 3 nitrogen and oxygen atoms in total. The number of benzene rings is 2. The quantitative estimate of drug-likeness (QED) is 0.731. The molecule has 106 valence electrons. The largest absolute Gasteiger partial charge is 0.459 e. The van der Waals surface area contributed by atoms with Gasteiger partial charge in [-0.2, -0.15) is 0 Å². The van der Waals surface area contributed by atoms with Gasteiger partial charge in [-0.05, 0) is 36.4 Å². The molecule has 0 spiro atoms. The third-order valence-corrected chi connectivity index (χ3v) is 3.31. The molecule has 0 aliphatic rings. The normalized spacial score (nSPS) is 10.8. The van der Waals surface area contributed by atoms with Gasteiger partial charge in [-0.1, -0.05) is 18.2 Å². The van der Waals surface area contributed by atoms with Crippen LogP contribution in [0.5, 0.6) is 0 Å². The smallest absolute Gasteiger partial charge is 0.254 e. The van der Waals surface area contributed by atoms with Crippen molar-refractivity contribution in [2.75, 3.05) is 7.05 Å². The molecule has 0 atom stereocenters. The monoisotopic (exact) mass is 283 g/mol. The summed E-state index contributed by atoms with van der Waals surface area (Å²) in [5, 5.41) is 1.01. The van der Waals surface area contributed by atoms with Crippen molar-refractivity contribution < 1.29 is 13.6 Å². The number of carbonyl (C=O) groups is 1. The predicted molar refractivity (Wildman–Crippen MR) is 78.4 cm³/mol. The Hall–Kier alpha value is -2.62. The SMILES string of the molecule is CN(Cc1cc2ccccc2o1)C(=O)c1ccc(F)cc1. The first-order valence-electron chi connectivity index (χ1n) is 6.62. The number of hydrogen-bond acceptors (Lipinski definition) is 2. The summed E-state index contributed by atoms with van der Waals surface area (Å²) in [7, 11) is 1.69. The summed E-state index contributed by atoms with van der Waals surface area (Å²) in [6.07, 6.45) is 0. The Morgan fingerprint density at radius 3 is 2.57 bits per heavy atom. The number of nitrogens with zero attached hydrogens (tertiary/aromatic N) is 1. The number of fused-ring (bicyclic) bond motifs is 1.